The standard InChI is InChI=1S/C23H25Cl2N7O3/c1-13(15-4-3-14(24)11-16(15)25)35-21-20-18(12-30(2)29-20)27-23(28-21)32-9-7-31(8-10-32)22(34)17-5-6-19(33)26-17/h3-4,11-13,17H,5-10H2,1-2H3,(H,26,33)/t13-,17-/m1/s1. The molecule has 2 aliphatic rings. The molecule has 1 N–H and O–H groups in total. The van der Waals surface area contributed by atoms with Crippen LogP contribution < -0.4 is 15.0 Å². The van der Waals surface area contributed by atoms with E-state index in [2.05, 4.69) is 10.4 Å². The van der Waals surface area contributed by atoms with E-state index in [1.807, 2.05) is 31.1 Å². The predicted molar refractivity (Wildman–Crippen MR) is 132 cm³/mol. The van der Waals surface area contributed by atoms with Gasteiger partial charge in [0.05, 0.1) is 6.20 Å². The molecule has 2 aromatic heterocycles. The van der Waals surface area contributed by atoms with Gasteiger partial charge in [0.25, 0.3) is 0 Å². The second-order valence-electron chi connectivity index (χ2n) is 8.76. The van der Waals surface area contributed by atoms with Crippen LogP contribution in [0.3, 0.4) is 0 Å². The van der Waals surface area contributed by atoms with Crippen molar-refractivity contribution in [3.63, 3.8) is 0 Å². The second kappa shape index (κ2) is 9.50. The molecule has 2 amide bonds. The number of hydrogen-bond donors (Lipinski definition) is 1. The van der Waals surface area contributed by atoms with E-state index < -0.39 is 12.1 Å². The number of nitrogens with one attached hydrogen (secondary N) is 1. The fourth-order valence-corrected chi connectivity index (χ4v) is 4.98. The highest BCUT2D eigenvalue weighted by Gasteiger charge is 2.33. The number of aryl methyl sites for hydroxylation is 1. The first-order valence-electron chi connectivity index (χ1n) is 11.4. The van der Waals surface area contributed by atoms with E-state index in [9.17, 15) is 9.59 Å². The molecule has 0 spiro atoms. The molecule has 2 atom stereocenters. The lowest BCUT2D eigenvalue weighted by molar-refractivity contribution is -0.134. The second-order valence-corrected chi connectivity index (χ2v) is 9.61. The minimum atomic E-state index is -0.418. The van der Waals surface area contributed by atoms with Gasteiger partial charge in [-0.05, 0) is 25.5 Å². The van der Waals surface area contributed by atoms with Gasteiger partial charge in [-0.15, -0.1) is 0 Å². The number of aromatic nitrogens is 4. The number of fused-ring (bicyclic) bond motifs is 1. The molecule has 0 bridgehead atoms. The van der Waals surface area contributed by atoms with Crippen LogP contribution in [0.1, 0.15) is 31.4 Å². The Bertz CT molecular complexity index is 1290. The zero-order chi connectivity index (χ0) is 24.7. The number of piperazine rings is 1. The van der Waals surface area contributed by atoms with E-state index in [-0.39, 0.29) is 11.8 Å². The van der Waals surface area contributed by atoms with E-state index in [0.29, 0.717) is 71.9 Å². The third-order valence-corrected chi connectivity index (χ3v) is 6.85. The molecule has 0 unspecified atom stereocenters. The summed E-state index contributed by atoms with van der Waals surface area (Å²) in [6.07, 6.45) is 2.37. The molecule has 3 aromatic rings. The zero-order valence-electron chi connectivity index (χ0n) is 19.4. The third kappa shape index (κ3) is 4.85. The van der Waals surface area contributed by atoms with Crippen LogP contribution in [0.2, 0.25) is 10.0 Å². The molecule has 2 saturated heterocycles. The van der Waals surface area contributed by atoms with Crippen molar-refractivity contribution in [1.82, 2.24) is 30.0 Å². The Morgan fingerprint density at radius 3 is 2.66 bits per heavy atom. The highest BCUT2D eigenvalue weighted by molar-refractivity contribution is 6.35. The lowest BCUT2D eigenvalue weighted by Crippen LogP contribution is -2.53. The Labute approximate surface area is 212 Å². The lowest BCUT2D eigenvalue weighted by Gasteiger charge is -2.36. The summed E-state index contributed by atoms with van der Waals surface area (Å²) in [5.74, 6) is 0.770. The van der Waals surface area contributed by atoms with Gasteiger partial charge >= 0.3 is 0 Å². The first-order chi connectivity index (χ1) is 16.8. The van der Waals surface area contributed by atoms with E-state index in [0.717, 1.165) is 5.56 Å². The van der Waals surface area contributed by atoms with Crippen molar-refractivity contribution in [2.75, 3.05) is 31.1 Å². The highest BCUT2D eigenvalue weighted by atomic mass is 35.5. The molecular formula is C23H25Cl2N7O3. The average Bonchev–Trinajstić information content (AvgIpc) is 3.43. The maximum absolute atomic E-state index is 12.7. The van der Waals surface area contributed by atoms with Crippen molar-refractivity contribution < 1.29 is 14.3 Å². The Hall–Kier alpha value is -3.11. The first-order valence-corrected chi connectivity index (χ1v) is 12.2. The van der Waals surface area contributed by atoms with E-state index in [1.165, 1.54) is 0 Å². The normalized spacial score (nSPS) is 19.2. The van der Waals surface area contributed by atoms with Gasteiger partial charge in [0.15, 0.2) is 5.52 Å². The topological polar surface area (TPSA) is 105 Å². The van der Waals surface area contributed by atoms with Gasteiger partial charge in [-0.3, -0.25) is 14.3 Å². The zero-order valence-corrected chi connectivity index (χ0v) is 20.9. The van der Waals surface area contributed by atoms with Crippen molar-refractivity contribution in [2.45, 2.75) is 31.9 Å². The average molecular weight is 518 g/mol. The minimum absolute atomic E-state index is 0.0307. The molecule has 10 nitrogen and oxygen atoms in total. The summed E-state index contributed by atoms with van der Waals surface area (Å²) in [5.41, 5.74) is 2.00. The highest BCUT2D eigenvalue weighted by Crippen LogP contribution is 2.32. The number of nitrogens with zero attached hydrogens (tertiary/aromatic N) is 6. The number of carbonyl (C=O) groups is 2. The van der Waals surface area contributed by atoms with Gasteiger partial charge in [-0.2, -0.15) is 10.1 Å². The smallest absolute Gasteiger partial charge is 0.248 e. The van der Waals surface area contributed by atoms with Gasteiger partial charge in [0.1, 0.15) is 17.7 Å². The SMILES string of the molecule is C[C@@H](Oc1nc(N2CCN(C(=O)[C@H]3CCC(=O)N3)CC2)nc2cn(C)nc12)c1ccc(Cl)cc1Cl. The quantitative estimate of drug-likeness (QED) is 0.554. The summed E-state index contributed by atoms with van der Waals surface area (Å²) in [6.45, 7) is 4.06. The third-order valence-electron chi connectivity index (χ3n) is 6.29. The minimum Gasteiger partial charge on any atom is -0.468 e. The van der Waals surface area contributed by atoms with Crippen LogP contribution in [0, 0.1) is 0 Å². The van der Waals surface area contributed by atoms with E-state index >= 15 is 0 Å². The van der Waals surface area contributed by atoms with Crippen molar-refractivity contribution in [3.8, 4) is 5.88 Å². The van der Waals surface area contributed by atoms with Crippen molar-refractivity contribution in [2.24, 2.45) is 7.05 Å². The molecule has 2 aliphatic heterocycles. The molecule has 2 fully saturated rings. The van der Waals surface area contributed by atoms with Gasteiger partial charge in [-0.25, -0.2) is 4.98 Å². The maximum atomic E-state index is 12.7. The largest absolute Gasteiger partial charge is 0.468 e. The molecule has 35 heavy (non-hydrogen) atoms. The van der Waals surface area contributed by atoms with Crippen LogP contribution in [-0.2, 0) is 16.6 Å². The number of benzene rings is 1. The van der Waals surface area contributed by atoms with Crippen LogP contribution in [0.15, 0.2) is 24.4 Å². The number of ether oxygens (including phenoxy) is 1. The molecule has 4 heterocycles. The van der Waals surface area contributed by atoms with Crippen LogP contribution in [0.25, 0.3) is 11.0 Å². The monoisotopic (exact) mass is 517 g/mol. The van der Waals surface area contributed by atoms with Crippen LogP contribution in [0.5, 0.6) is 5.88 Å². The Morgan fingerprint density at radius 2 is 1.97 bits per heavy atom. The Kier molecular flexibility index (Phi) is 6.41. The number of amides is 2. The number of rotatable bonds is 5. The fourth-order valence-electron chi connectivity index (χ4n) is 4.42. The van der Waals surface area contributed by atoms with Crippen LogP contribution in [0.4, 0.5) is 5.95 Å². The lowest BCUT2D eigenvalue weighted by atomic mass is 10.1. The fraction of sp³-hybridized carbons (Fsp3) is 0.435. The number of carbonyl (C=O) groups excluding carboxylic acids is 2. The summed E-state index contributed by atoms with van der Waals surface area (Å²) in [6, 6.07) is 4.86. The van der Waals surface area contributed by atoms with Crippen molar-refractivity contribution in [3.05, 3.63) is 40.0 Å². The van der Waals surface area contributed by atoms with Crippen LogP contribution >= 0.6 is 23.2 Å². The predicted octanol–water partition coefficient (Wildman–Crippen LogP) is 2.74. The molecule has 0 aliphatic carbocycles. The molecular weight excluding hydrogens is 493 g/mol. The van der Waals surface area contributed by atoms with E-state index in [4.69, 9.17) is 37.9 Å². The van der Waals surface area contributed by atoms with Crippen molar-refractivity contribution >= 4 is 52.0 Å². The molecule has 12 heteroatoms. The molecule has 5 rings (SSSR count). The number of anilines is 1. The summed E-state index contributed by atoms with van der Waals surface area (Å²) in [7, 11) is 1.82. The summed E-state index contributed by atoms with van der Waals surface area (Å²) < 4.78 is 7.90. The van der Waals surface area contributed by atoms with E-state index in [1.54, 1.807) is 21.7 Å². The summed E-state index contributed by atoms with van der Waals surface area (Å²) >= 11 is 12.4. The first kappa shape index (κ1) is 23.6. The molecule has 1 aromatic carbocycles. The van der Waals surface area contributed by atoms with Gasteiger partial charge in [0.2, 0.25) is 23.6 Å². The molecule has 0 radical (unpaired) electrons. The van der Waals surface area contributed by atoms with Crippen LogP contribution in [-0.4, -0.2) is 68.7 Å². The molecule has 0 saturated carbocycles. The van der Waals surface area contributed by atoms with Crippen molar-refractivity contribution in [1.29, 1.82) is 0 Å². The Morgan fingerprint density at radius 1 is 1.20 bits per heavy atom. The summed E-state index contributed by atoms with van der Waals surface area (Å²) in [5, 5.41) is 8.29. The summed E-state index contributed by atoms with van der Waals surface area (Å²) in [4.78, 5) is 37.4. The number of hydrogen-bond acceptors (Lipinski definition) is 7. The van der Waals surface area contributed by atoms with Gasteiger partial charge < -0.3 is 19.9 Å². The number of halogens is 2. The Balaban J connectivity index is 1.35. The van der Waals surface area contributed by atoms with Gasteiger partial charge in [0, 0.05) is 55.3 Å². The molecule has 184 valence electrons. The van der Waals surface area contributed by atoms with Gasteiger partial charge in [-0.1, -0.05) is 29.3 Å². The maximum Gasteiger partial charge on any atom is 0.248 e.